The van der Waals surface area contributed by atoms with Crippen LogP contribution in [0.4, 0.5) is 11.4 Å². The second-order valence-corrected chi connectivity index (χ2v) is 5.80. The fourth-order valence-corrected chi connectivity index (χ4v) is 2.31. The zero-order valence-corrected chi connectivity index (χ0v) is 14.1. The number of nitrogens with zero attached hydrogens (tertiary/aromatic N) is 1. The zero-order valence-electron chi connectivity index (χ0n) is 14.1. The lowest BCUT2D eigenvalue weighted by molar-refractivity contribution is -0.384. The second kappa shape index (κ2) is 7.12. The van der Waals surface area contributed by atoms with Crippen LogP contribution < -0.4 is 10.1 Å². The molecule has 6 nitrogen and oxygen atoms in total. The lowest BCUT2D eigenvalue weighted by atomic mass is 10.1. The fourth-order valence-electron chi connectivity index (χ4n) is 2.31. The highest BCUT2D eigenvalue weighted by Gasteiger charge is 2.21. The molecule has 1 N–H and O–H groups in total. The summed E-state index contributed by atoms with van der Waals surface area (Å²) in [5, 5.41) is 13.7. The van der Waals surface area contributed by atoms with Crippen LogP contribution in [0.2, 0.25) is 0 Å². The van der Waals surface area contributed by atoms with E-state index in [1.165, 1.54) is 12.1 Å². The van der Waals surface area contributed by atoms with Crippen molar-refractivity contribution in [2.24, 2.45) is 0 Å². The van der Waals surface area contributed by atoms with Crippen LogP contribution in [-0.2, 0) is 4.79 Å². The van der Waals surface area contributed by atoms with E-state index in [9.17, 15) is 14.9 Å². The second-order valence-electron chi connectivity index (χ2n) is 5.80. The van der Waals surface area contributed by atoms with Gasteiger partial charge in [-0.2, -0.15) is 0 Å². The Morgan fingerprint density at radius 1 is 1.12 bits per heavy atom. The predicted molar refractivity (Wildman–Crippen MR) is 92.5 cm³/mol. The van der Waals surface area contributed by atoms with Crippen LogP contribution >= 0.6 is 0 Å². The van der Waals surface area contributed by atoms with Gasteiger partial charge in [-0.15, -0.1) is 0 Å². The van der Waals surface area contributed by atoms with Gasteiger partial charge in [0, 0.05) is 6.07 Å². The molecular formula is C18H20N2O4. The SMILES string of the molecule is Cc1ccc(OC(C)C(=O)Nc2ccc(C)cc2[N+](=O)[O-])c(C)c1. The highest BCUT2D eigenvalue weighted by Crippen LogP contribution is 2.26. The van der Waals surface area contributed by atoms with E-state index in [1.54, 1.807) is 19.9 Å². The van der Waals surface area contributed by atoms with Gasteiger partial charge in [0.2, 0.25) is 0 Å². The van der Waals surface area contributed by atoms with Gasteiger partial charge in [-0.3, -0.25) is 14.9 Å². The molecule has 0 saturated carbocycles. The van der Waals surface area contributed by atoms with Crippen molar-refractivity contribution in [1.82, 2.24) is 0 Å². The predicted octanol–water partition coefficient (Wildman–Crippen LogP) is 3.93. The van der Waals surface area contributed by atoms with E-state index in [-0.39, 0.29) is 11.4 Å². The summed E-state index contributed by atoms with van der Waals surface area (Å²) in [4.78, 5) is 22.9. The Kier molecular flexibility index (Phi) is 5.18. The van der Waals surface area contributed by atoms with E-state index >= 15 is 0 Å². The van der Waals surface area contributed by atoms with Gasteiger partial charge in [-0.1, -0.05) is 23.8 Å². The number of hydrogen-bond donors (Lipinski definition) is 1. The largest absolute Gasteiger partial charge is 0.481 e. The summed E-state index contributed by atoms with van der Waals surface area (Å²) in [6.45, 7) is 7.24. The van der Waals surface area contributed by atoms with Crippen LogP contribution in [0.15, 0.2) is 36.4 Å². The summed E-state index contributed by atoms with van der Waals surface area (Å²) in [6.07, 6.45) is -0.785. The van der Waals surface area contributed by atoms with Crippen molar-refractivity contribution in [3.8, 4) is 5.75 Å². The van der Waals surface area contributed by atoms with Gasteiger partial charge in [0.1, 0.15) is 11.4 Å². The summed E-state index contributed by atoms with van der Waals surface area (Å²) >= 11 is 0. The number of anilines is 1. The number of amides is 1. The lowest BCUT2D eigenvalue weighted by Crippen LogP contribution is -2.30. The molecule has 24 heavy (non-hydrogen) atoms. The fraction of sp³-hybridized carbons (Fsp3) is 0.278. The number of carbonyl (C=O) groups is 1. The monoisotopic (exact) mass is 328 g/mol. The van der Waals surface area contributed by atoms with E-state index in [0.717, 1.165) is 16.7 Å². The number of benzene rings is 2. The Morgan fingerprint density at radius 3 is 2.38 bits per heavy atom. The zero-order chi connectivity index (χ0) is 17.9. The summed E-state index contributed by atoms with van der Waals surface area (Å²) in [7, 11) is 0. The number of hydrogen-bond acceptors (Lipinski definition) is 4. The van der Waals surface area contributed by atoms with E-state index in [4.69, 9.17) is 4.74 Å². The first kappa shape index (κ1) is 17.5. The molecule has 0 heterocycles. The molecule has 0 aliphatic heterocycles. The number of ether oxygens (including phenoxy) is 1. The van der Waals surface area contributed by atoms with Crippen molar-refractivity contribution in [2.45, 2.75) is 33.8 Å². The Bertz CT molecular complexity index is 787. The van der Waals surface area contributed by atoms with Crippen molar-refractivity contribution in [3.63, 3.8) is 0 Å². The molecular weight excluding hydrogens is 308 g/mol. The first-order valence-corrected chi connectivity index (χ1v) is 7.57. The minimum absolute atomic E-state index is 0.137. The van der Waals surface area contributed by atoms with Gasteiger partial charge in [0.25, 0.3) is 11.6 Å². The molecule has 2 aromatic carbocycles. The number of nitro benzene ring substituents is 1. The molecule has 1 atom stereocenters. The summed E-state index contributed by atoms with van der Waals surface area (Å²) in [5.74, 6) is 0.170. The molecule has 0 bridgehead atoms. The number of nitrogens with one attached hydrogen (secondary N) is 1. The molecule has 0 aliphatic carbocycles. The Morgan fingerprint density at radius 2 is 1.75 bits per heavy atom. The highest BCUT2D eigenvalue weighted by molar-refractivity contribution is 5.96. The quantitative estimate of drug-likeness (QED) is 0.666. The van der Waals surface area contributed by atoms with E-state index < -0.39 is 16.9 Å². The molecule has 2 rings (SSSR count). The summed E-state index contributed by atoms with van der Waals surface area (Å²) in [5.41, 5.74) is 2.80. The lowest BCUT2D eigenvalue weighted by Gasteiger charge is -2.16. The first-order valence-electron chi connectivity index (χ1n) is 7.57. The smallest absolute Gasteiger partial charge is 0.293 e. The maximum absolute atomic E-state index is 12.3. The van der Waals surface area contributed by atoms with Crippen molar-refractivity contribution >= 4 is 17.3 Å². The van der Waals surface area contributed by atoms with Crippen molar-refractivity contribution in [2.75, 3.05) is 5.32 Å². The normalized spacial score (nSPS) is 11.7. The molecule has 6 heteroatoms. The van der Waals surface area contributed by atoms with Gasteiger partial charge < -0.3 is 10.1 Å². The minimum atomic E-state index is -0.785. The molecule has 0 spiro atoms. The third kappa shape index (κ3) is 4.10. The summed E-state index contributed by atoms with van der Waals surface area (Å²) < 4.78 is 5.68. The third-order valence-corrected chi connectivity index (χ3v) is 3.61. The van der Waals surface area contributed by atoms with Gasteiger partial charge in [-0.05, 0) is 51.0 Å². The number of rotatable bonds is 5. The molecule has 0 saturated heterocycles. The number of nitro groups is 1. The van der Waals surface area contributed by atoms with Crippen molar-refractivity contribution in [3.05, 3.63) is 63.2 Å². The number of aryl methyl sites for hydroxylation is 3. The van der Waals surface area contributed by atoms with Crippen LogP contribution in [0, 0.1) is 30.9 Å². The molecule has 0 radical (unpaired) electrons. The molecule has 0 aliphatic rings. The maximum atomic E-state index is 12.3. The van der Waals surface area contributed by atoms with Crippen molar-refractivity contribution in [1.29, 1.82) is 0 Å². The van der Waals surface area contributed by atoms with Gasteiger partial charge in [-0.25, -0.2) is 0 Å². The molecule has 1 amide bonds. The topological polar surface area (TPSA) is 81.5 Å². The van der Waals surface area contributed by atoms with Gasteiger partial charge >= 0.3 is 0 Å². The average Bonchev–Trinajstić information content (AvgIpc) is 2.51. The van der Waals surface area contributed by atoms with E-state index in [2.05, 4.69) is 5.32 Å². The third-order valence-electron chi connectivity index (χ3n) is 3.61. The molecule has 0 aromatic heterocycles. The first-order chi connectivity index (χ1) is 11.3. The maximum Gasteiger partial charge on any atom is 0.293 e. The van der Waals surface area contributed by atoms with Gasteiger partial charge in [0.05, 0.1) is 4.92 Å². The van der Waals surface area contributed by atoms with Crippen molar-refractivity contribution < 1.29 is 14.5 Å². The van der Waals surface area contributed by atoms with Crippen LogP contribution in [0.5, 0.6) is 5.75 Å². The Labute approximate surface area is 140 Å². The Hall–Kier alpha value is -2.89. The number of carbonyl (C=O) groups excluding carboxylic acids is 1. The van der Waals surface area contributed by atoms with Gasteiger partial charge in [0.15, 0.2) is 6.10 Å². The van der Waals surface area contributed by atoms with Crippen LogP contribution in [0.25, 0.3) is 0 Å². The Balaban J connectivity index is 2.13. The van der Waals surface area contributed by atoms with E-state index in [1.807, 2.05) is 32.0 Å². The standard InChI is InChI=1S/C18H20N2O4/c1-11-6-8-17(13(3)9-11)24-14(4)18(21)19-15-7-5-12(2)10-16(15)20(22)23/h5-10,14H,1-4H3,(H,19,21). The molecule has 126 valence electrons. The molecule has 2 aromatic rings. The molecule has 0 fully saturated rings. The van der Waals surface area contributed by atoms with Crippen LogP contribution in [0.3, 0.4) is 0 Å². The highest BCUT2D eigenvalue weighted by atomic mass is 16.6. The molecule has 1 unspecified atom stereocenters. The minimum Gasteiger partial charge on any atom is -0.481 e. The average molecular weight is 328 g/mol. The van der Waals surface area contributed by atoms with Crippen LogP contribution in [0.1, 0.15) is 23.6 Å². The van der Waals surface area contributed by atoms with E-state index in [0.29, 0.717) is 5.75 Å². The summed E-state index contributed by atoms with van der Waals surface area (Å²) in [6, 6.07) is 10.3. The van der Waals surface area contributed by atoms with Crippen LogP contribution in [-0.4, -0.2) is 16.9 Å².